The Balaban J connectivity index is 1.85. The van der Waals surface area contributed by atoms with Crippen molar-refractivity contribution in [3.05, 3.63) is 54.1 Å². The number of para-hydroxylation sites is 1. The molecule has 0 aliphatic carbocycles. The average molecular weight is 442 g/mol. The zero-order chi connectivity index (χ0) is 22.4. The molecular weight excluding hydrogens is 406 g/mol. The van der Waals surface area contributed by atoms with Gasteiger partial charge in [-0.15, -0.1) is 11.8 Å². The predicted molar refractivity (Wildman–Crippen MR) is 130 cm³/mol. The zero-order valence-corrected chi connectivity index (χ0v) is 20.2. The molecular formula is C25H35N3O2S. The Morgan fingerprint density at radius 1 is 0.935 bits per heavy atom. The number of hydrogen-bond acceptors (Lipinski definition) is 5. The van der Waals surface area contributed by atoms with Crippen LogP contribution in [0.1, 0.15) is 24.8 Å². The molecule has 1 aliphatic heterocycles. The van der Waals surface area contributed by atoms with Crippen molar-refractivity contribution in [1.29, 1.82) is 0 Å². The highest BCUT2D eigenvalue weighted by Gasteiger charge is 2.46. The average Bonchev–Trinajstić information content (AvgIpc) is 2.75. The number of nitrogens with zero attached hydrogens (tertiary/aromatic N) is 3. The largest absolute Gasteiger partial charge is 0.494 e. The van der Waals surface area contributed by atoms with Gasteiger partial charge in [-0.25, -0.2) is 0 Å². The second-order valence-corrected chi connectivity index (χ2v) is 10.0. The molecule has 1 amide bonds. The van der Waals surface area contributed by atoms with Crippen molar-refractivity contribution in [2.75, 3.05) is 59.8 Å². The van der Waals surface area contributed by atoms with Crippen LogP contribution < -0.4 is 9.64 Å². The maximum absolute atomic E-state index is 13.7. The van der Waals surface area contributed by atoms with E-state index >= 15 is 0 Å². The first kappa shape index (κ1) is 23.6. The summed E-state index contributed by atoms with van der Waals surface area (Å²) in [4.78, 5) is 21.0. The molecule has 3 rings (SSSR count). The summed E-state index contributed by atoms with van der Waals surface area (Å²) in [7, 11) is 10.2. The van der Waals surface area contributed by atoms with Crippen LogP contribution in [0.15, 0.2) is 53.4 Å². The number of anilines is 1. The molecule has 1 aliphatic rings. The van der Waals surface area contributed by atoms with Gasteiger partial charge in [-0.3, -0.25) is 4.79 Å². The molecule has 1 unspecified atom stereocenters. The molecule has 6 heteroatoms. The first-order chi connectivity index (χ1) is 14.8. The molecule has 0 radical (unpaired) electrons. The lowest BCUT2D eigenvalue weighted by molar-refractivity contribution is -0.121. The van der Waals surface area contributed by atoms with Crippen molar-refractivity contribution in [3.8, 4) is 5.75 Å². The van der Waals surface area contributed by atoms with Crippen molar-refractivity contribution in [2.45, 2.75) is 28.9 Å². The summed E-state index contributed by atoms with van der Waals surface area (Å²) in [5.41, 5.74) is 2.03. The van der Waals surface area contributed by atoms with E-state index in [-0.39, 0.29) is 5.91 Å². The third kappa shape index (κ3) is 5.62. The Morgan fingerprint density at radius 2 is 1.58 bits per heavy atom. The van der Waals surface area contributed by atoms with Crippen LogP contribution in [-0.4, -0.2) is 70.6 Å². The van der Waals surface area contributed by atoms with Crippen LogP contribution in [-0.2, 0) is 9.54 Å². The SMILES string of the molecule is CN(C)CCCOc1ccc(C2(CCCN(C)C)Sc3ccccc3N(C)C2=O)cc1. The van der Waals surface area contributed by atoms with E-state index in [0.29, 0.717) is 6.61 Å². The molecule has 0 bridgehead atoms. The summed E-state index contributed by atoms with van der Waals surface area (Å²) < 4.78 is 5.29. The van der Waals surface area contributed by atoms with E-state index in [4.69, 9.17) is 4.74 Å². The number of hydrogen-bond donors (Lipinski definition) is 0. The topological polar surface area (TPSA) is 36.0 Å². The maximum Gasteiger partial charge on any atom is 0.247 e. The third-order valence-corrected chi connectivity index (χ3v) is 7.16. The maximum atomic E-state index is 13.7. The van der Waals surface area contributed by atoms with Crippen LogP contribution in [0.5, 0.6) is 5.75 Å². The van der Waals surface area contributed by atoms with Crippen molar-refractivity contribution in [1.82, 2.24) is 9.80 Å². The first-order valence-electron chi connectivity index (χ1n) is 10.9. The van der Waals surface area contributed by atoms with E-state index < -0.39 is 4.75 Å². The summed E-state index contributed by atoms with van der Waals surface area (Å²) in [6, 6.07) is 16.3. The Morgan fingerprint density at radius 3 is 2.26 bits per heavy atom. The van der Waals surface area contributed by atoms with Gasteiger partial charge in [0.05, 0.1) is 12.3 Å². The fourth-order valence-corrected chi connectivity index (χ4v) is 5.51. The Hall–Kier alpha value is -2.02. The third-order valence-electron chi connectivity index (χ3n) is 5.63. The summed E-state index contributed by atoms with van der Waals surface area (Å²) in [6.45, 7) is 2.65. The van der Waals surface area contributed by atoms with Gasteiger partial charge < -0.3 is 19.4 Å². The Labute approximate surface area is 191 Å². The highest BCUT2D eigenvalue weighted by molar-refractivity contribution is 8.01. The number of thioether (sulfide) groups is 1. The van der Waals surface area contributed by atoms with Crippen molar-refractivity contribution < 1.29 is 9.53 Å². The molecule has 31 heavy (non-hydrogen) atoms. The molecule has 0 saturated carbocycles. The summed E-state index contributed by atoms with van der Waals surface area (Å²) >= 11 is 1.70. The second kappa shape index (κ2) is 10.5. The number of amides is 1. The second-order valence-electron chi connectivity index (χ2n) is 8.70. The van der Waals surface area contributed by atoms with E-state index in [0.717, 1.165) is 54.2 Å². The van der Waals surface area contributed by atoms with Gasteiger partial charge in [-0.05, 0) is 83.8 Å². The molecule has 1 atom stereocenters. The molecule has 168 valence electrons. The highest BCUT2D eigenvalue weighted by Crippen LogP contribution is 2.53. The minimum Gasteiger partial charge on any atom is -0.494 e. The lowest BCUT2D eigenvalue weighted by Crippen LogP contribution is -2.46. The summed E-state index contributed by atoms with van der Waals surface area (Å²) in [6.07, 6.45) is 2.72. The van der Waals surface area contributed by atoms with Crippen molar-refractivity contribution in [3.63, 3.8) is 0 Å². The number of benzene rings is 2. The van der Waals surface area contributed by atoms with Gasteiger partial charge >= 0.3 is 0 Å². The van der Waals surface area contributed by atoms with Gasteiger partial charge in [-0.1, -0.05) is 24.3 Å². The number of rotatable bonds is 10. The fraction of sp³-hybridized carbons (Fsp3) is 0.480. The molecule has 0 saturated heterocycles. The van der Waals surface area contributed by atoms with Gasteiger partial charge in [0, 0.05) is 18.5 Å². The summed E-state index contributed by atoms with van der Waals surface area (Å²) in [5.74, 6) is 1.00. The normalized spacial score (nSPS) is 18.5. The molecule has 0 N–H and O–H groups in total. The van der Waals surface area contributed by atoms with Crippen molar-refractivity contribution in [2.24, 2.45) is 0 Å². The van der Waals surface area contributed by atoms with Crippen LogP contribution >= 0.6 is 11.8 Å². The quantitative estimate of drug-likeness (QED) is 0.513. The highest BCUT2D eigenvalue weighted by atomic mass is 32.2. The standard InChI is InChI=1S/C25H35N3O2S/c1-26(2)17-8-16-25(24(29)28(5)22-10-6-7-11-23(22)31-25)20-12-14-21(15-13-20)30-19-9-18-27(3)4/h6-7,10-15H,8-9,16-19H2,1-5H3. The Bertz CT molecular complexity index is 869. The van der Waals surface area contributed by atoms with Gasteiger partial charge in [0.15, 0.2) is 0 Å². The van der Waals surface area contributed by atoms with E-state index in [2.05, 4.69) is 56.2 Å². The molecule has 0 aromatic heterocycles. The van der Waals surface area contributed by atoms with Crippen LogP contribution in [0.25, 0.3) is 0 Å². The van der Waals surface area contributed by atoms with Gasteiger partial charge in [0.25, 0.3) is 0 Å². The van der Waals surface area contributed by atoms with Crippen LogP contribution in [0, 0.1) is 0 Å². The fourth-order valence-electron chi connectivity index (χ4n) is 3.95. The minimum absolute atomic E-state index is 0.148. The van der Waals surface area contributed by atoms with E-state index in [9.17, 15) is 4.79 Å². The first-order valence-corrected chi connectivity index (χ1v) is 11.7. The monoisotopic (exact) mass is 441 g/mol. The number of carbonyl (C=O) groups is 1. The van der Waals surface area contributed by atoms with Gasteiger partial charge in [-0.2, -0.15) is 0 Å². The summed E-state index contributed by atoms with van der Waals surface area (Å²) in [5, 5.41) is 0. The molecule has 0 spiro atoms. The predicted octanol–water partition coefficient (Wildman–Crippen LogP) is 4.32. The van der Waals surface area contributed by atoms with Crippen molar-refractivity contribution >= 4 is 23.4 Å². The number of likely N-dealkylation sites (N-methyl/N-ethyl adjacent to an activating group) is 1. The number of carbonyl (C=O) groups excluding carboxylic acids is 1. The Kier molecular flexibility index (Phi) is 8.03. The van der Waals surface area contributed by atoms with Crippen LogP contribution in [0.2, 0.25) is 0 Å². The molecule has 2 aromatic carbocycles. The minimum atomic E-state index is -0.622. The zero-order valence-electron chi connectivity index (χ0n) is 19.4. The van der Waals surface area contributed by atoms with E-state index in [1.54, 1.807) is 11.8 Å². The van der Waals surface area contributed by atoms with E-state index in [1.165, 1.54) is 0 Å². The smallest absolute Gasteiger partial charge is 0.247 e. The lowest BCUT2D eigenvalue weighted by Gasteiger charge is -2.41. The molecule has 2 aromatic rings. The lowest BCUT2D eigenvalue weighted by atomic mass is 9.90. The van der Waals surface area contributed by atoms with Crippen LogP contribution in [0.4, 0.5) is 5.69 Å². The van der Waals surface area contributed by atoms with Gasteiger partial charge in [0.1, 0.15) is 10.5 Å². The molecule has 5 nitrogen and oxygen atoms in total. The molecule has 0 fully saturated rings. The van der Waals surface area contributed by atoms with Crippen LogP contribution in [0.3, 0.4) is 0 Å². The number of fused-ring (bicyclic) bond motifs is 1. The number of ether oxygens (including phenoxy) is 1. The van der Waals surface area contributed by atoms with E-state index in [1.807, 2.05) is 42.3 Å². The van der Waals surface area contributed by atoms with Gasteiger partial charge in [0.2, 0.25) is 5.91 Å². The molecule has 1 heterocycles.